The molecule has 1 aliphatic heterocycles. The second kappa shape index (κ2) is 7.34. The van der Waals surface area contributed by atoms with Crippen LogP contribution < -0.4 is 5.32 Å². The van der Waals surface area contributed by atoms with Crippen molar-refractivity contribution in [3.63, 3.8) is 0 Å². The molecule has 1 saturated carbocycles. The zero-order chi connectivity index (χ0) is 19.9. The average Bonchev–Trinajstić information content (AvgIpc) is 3.54. The Morgan fingerprint density at radius 2 is 1.87 bits per heavy atom. The second-order valence-electron chi connectivity index (χ2n) is 7.74. The number of benzene rings is 1. The van der Waals surface area contributed by atoms with Crippen molar-refractivity contribution >= 4 is 11.8 Å². The van der Waals surface area contributed by atoms with E-state index in [1.54, 1.807) is 24.2 Å². The third kappa shape index (κ3) is 3.30. The highest BCUT2D eigenvalue weighted by Crippen LogP contribution is 2.41. The number of pyridine rings is 2. The molecule has 2 aliphatic rings. The molecule has 1 atom stereocenters. The summed E-state index contributed by atoms with van der Waals surface area (Å²) in [5.41, 5.74) is 4.35. The smallest absolute Gasteiger partial charge is 0.194 e. The molecule has 4 heterocycles. The van der Waals surface area contributed by atoms with E-state index >= 15 is 0 Å². The summed E-state index contributed by atoms with van der Waals surface area (Å²) < 4.78 is 2.01. The van der Waals surface area contributed by atoms with Crippen LogP contribution in [0.4, 0.5) is 0 Å². The molecule has 3 aromatic heterocycles. The zero-order valence-corrected chi connectivity index (χ0v) is 17.1. The molecule has 0 radical (unpaired) electrons. The highest BCUT2D eigenvalue weighted by atomic mass is 32.2. The highest BCUT2D eigenvalue weighted by Gasteiger charge is 2.32. The molecular weight excluding hydrogens is 392 g/mol. The van der Waals surface area contributed by atoms with E-state index in [0.29, 0.717) is 5.82 Å². The van der Waals surface area contributed by atoms with Crippen LogP contribution in [-0.4, -0.2) is 31.3 Å². The van der Waals surface area contributed by atoms with E-state index in [0.717, 1.165) is 39.3 Å². The Morgan fingerprint density at radius 1 is 1.00 bits per heavy atom. The molecule has 30 heavy (non-hydrogen) atoms. The van der Waals surface area contributed by atoms with Crippen LogP contribution in [0, 0.1) is 5.92 Å². The molecule has 6 nitrogen and oxygen atoms in total. The average molecular weight is 413 g/mol. The predicted molar refractivity (Wildman–Crippen MR) is 116 cm³/mol. The van der Waals surface area contributed by atoms with Crippen molar-refractivity contribution in [3.05, 3.63) is 72.7 Å². The molecule has 0 amide bonds. The fourth-order valence-electron chi connectivity index (χ4n) is 3.72. The molecule has 0 saturated heterocycles. The van der Waals surface area contributed by atoms with E-state index < -0.39 is 0 Å². The van der Waals surface area contributed by atoms with Gasteiger partial charge in [-0.05, 0) is 54.3 Å². The van der Waals surface area contributed by atoms with Crippen molar-refractivity contribution in [1.82, 2.24) is 30.0 Å². The number of hydrogen-bond acceptors (Lipinski definition) is 6. The summed E-state index contributed by atoms with van der Waals surface area (Å²) in [4.78, 5) is 13.8. The van der Waals surface area contributed by atoms with Gasteiger partial charge in [-0.2, -0.15) is 0 Å². The maximum Gasteiger partial charge on any atom is 0.194 e. The Bertz CT molecular complexity index is 1190. The van der Waals surface area contributed by atoms with Gasteiger partial charge < -0.3 is 0 Å². The quantitative estimate of drug-likeness (QED) is 0.524. The highest BCUT2D eigenvalue weighted by molar-refractivity contribution is 7.99. The SMILES string of the molecule is c1ccc(-c2cnc3c(c2)C(NCC2CC2)n2nc(-c4cccnc4)nc2S3)cc1. The summed E-state index contributed by atoms with van der Waals surface area (Å²) >= 11 is 1.57. The molecule has 1 unspecified atom stereocenters. The van der Waals surface area contributed by atoms with Gasteiger partial charge in [0.25, 0.3) is 0 Å². The third-order valence-electron chi connectivity index (χ3n) is 5.53. The molecular formula is C23H20N6S. The Hall–Kier alpha value is -3.03. The van der Waals surface area contributed by atoms with Crippen molar-refractivity contribution in [3.8, 4) is 22.5 Å². The monoisotopic (exact) mass is 412 g/mol. The van der Waals surface area contributed by atoms with Gasteiger partial charge in [-0.25, -0.2) is 14.6 Å². The first-order chi connectivity index (χ1) is 14.8. The van der Waals surface area contributed by atoms with Gasteiger partial charge in [0.15, 0.2) is 11.0 Å². The van der Waals surface area contributed by atoms with Crippen LogP contribution >= 0.6 is 11.8 Å². The van der Waals surface area contributed by atoms with Gasteiger partial charge in [0.2, 0.25) is 0 Å². The number of hydrogen-bond donors (Lipinski definition) is 1. The second-order valence-corrected chi connectivity index (χ2v) is 8.70. The van der Waals surface area contributed by atoms with E-state index in [4.69, 9.17) is 15.1 Å². The fourth-order valence-corrected chi connectivity index (χ4v) is 4.66. The van der Waals surface area contributed by atoms with Crippen LogP contribution in [0.15, 0.2) is 77.3 Å². The largest absolute Gasteiger partial charge is 0.291 e. The van der Waals surface area contributed by atoms with Gasteiger partial charge in [0, 0.05) is 41.8 Å². The molecule has 0 bridgehead atoms. The molecule has 6 rings (SSSR count). The van der Waals surface area contributed by atoms with E-state index in [2.05, 4.69) is 40.6 Å². The molecule has 1 aromatic carbocycles. The van der Waals surface area contributed by atoms with Crippen molar-refractivity contribution in [2.24, 2.45) is 5.92 Å². The minimum atomic E-state index is -0.0778. The van der Waals surface area contributed by atoms with E-state index in [-0.39, 0.29) is 6.17 Å². The zero-order valence-electron chi connectivity index (χ0n) is 16.3. The Morgan fingerprint density at radius 3 is 2.67 bits per heavy atom. The summed E-state index contributed by atoms with van der Waals surface area (Å²) in [7, 11) is 0. The van der Waals surface area contributed by atoms with Crippen molar-refractivity contribution < 1.29 is 0 Å². The summed E-state index contributed by atoms with van der Waals surface area (Å²) in [6.07, 6.45) is 8.04. The van der Waals surface area contributed by atoms with Crippen LogP contribution in [0.25, 0.3) is 22.5 Å². The van der Waals surface area contributed by atoms with Crippen LogP contribution in [0.5, 0.6) is 0 Å². The van der Waals surface area contributed by atoms with Crippen LogP contribution in [0.2, 0.25) is 0 Å². The van der Waals surface area contributed by atoms with Gasteiger partial charge in [-0.1, -0.05) is 30.3 Å². The minimum absolute atomic E-state index is 0.0778. The third-order valence-corrected chi connectivity index (χ3v) is 6.52. The maximum atomic E-state index is 4.86. The first-order valence-electron chi connectivity index (χ1n) is 10.2. The van der Waals surface area contributed by atoms with Gasteiger partial charge in [0.1, 0.15) is 11.2 Å². The summed E-state index contributed by atoms with van der Waals surface area (Å²) in [6, 6.07) is 16.5. The first kappa shape index (κ1) is 17.8. The normalized spacial score (nSPS) is 17.4. The van der Waals surface area contributed by atoms with Gasteiger partial charge in [0.05, 0.1) is 0 Å². The number of fused-ring (bicyclic) bond motifs is 2. The van der Waals surface area contributed by atoms with E-state index in [9.17, 15) is 0 Å². The molecule has 1 fully saturated rings. The van der Waals surface area contributed by atoms with Crippen molar-refractivity contribution in [1.29, 1.82) is 0 Å². The first-order valence-corrected chi connectivity index (χ1v) is 11.0. The Balaban J connectivity index is 1.43. The number of nitrogens with one attached hydrogen (secondary N) is 1. The lowest BCUT2D eigenvalue weighted by Gasteiger charge is -2.26. The van der Waals surface area contributed by atoms with Crippen molar-refractivity contribution in [2.45, 2.75) is 29.2 Å². The van der Waals surface area contributed by atoms with Crippen LogP contribution in [-0.2, 0) is 0 Å². The standard InChI is InChI=1S/C23H20N6S/c1-2-5-16(6-3-1)18-11-19-21(25-12-15-8-9-15)29-23(30-22(19)26-14-18)27-20(28-29)17-7-4-10-24-13-17/h1-7,10-11,13-15,21,25H,8-9,12H2. The molecule has 148 valence electrons. The minimum Gasteiger partial charge on any atom is -0.291 e. The van der Waals surface area contributed by atoms with Crippen molar-refractivity contribution in [2.75, 3.05) is 6.54 Å². The molecule has 4 aromatic rings. The lowest BCUT2D eigenvalue weighted by molar-refractivity contribution is 0.381. The Labute approximate surface area is 178 Å². The lowest BCUT2D eigenvalue weighted by atomic mass is 10.0. The van der Waals surface area contributed by atoms with E-state index in [1.165, 1.54) is 18.4 Å². The van der Waals surface area contributed by atoms with E-state index in [1.807, 2.05) is 29.1 Å². The summed E-state index contributed by atoms with van der Waals surface area (Å²) in [6.45, 7) is 0.978. The fraction of sp³-hybridized carbons (Fsp3) is 0.217. The van der Waals surface area contributed by atoms with Crippen LogP contribution in [0.1, 0.15) is 24.6 Å². The molecule has 7 heteroatoms. The van der Waals surface area contributed by atoms with Crippen LogP contribution in [0.3, 0.4) is 0 Å². The van der Waals surface area contributed by atoms with Gasteiger partial charge in [-0.15, -0.1) is 5.10 Å². The summed E-state index contributed by atoms with van der Waals surface area (Å²) in [5, 5.41) is 10.4. The predicted octanol–water partition coefficient (Wildman–Crippen LogP) is 4.41. The number of rotatable bonds is 5. The summed E-state index contributed by atoms with van der Waals surface area (Å²) in [5.74, 6) is 1.46. The molecule has 0 spiro atoms. The molecule has 1 N–H and O–H groups in total. The Kier molecular flexibility index (Phi) is 4.35. The lowest BCUT2D eigenvalue weighted by Crippen LogP contribution is -2.33. The number of nitrogens with zero attached hydrogens (tertiary/aromatic N) is 5. The number of aromatic nitrogens is 5. The topological polar surface area (TPSA) is 68.5 Å². The van der Waals surface area contributed by atoms with Gasteiger partial charge in [-0.3, -0.25) is 10.3 Å². The molecule has 1 aliphatic carbocycles. The maximum absolute atomic E-state index is 4.86. The van der Waals surface area contributed by atoms with Gasteiger partial charge >= 0.3 is 0 Å².